The van der Waals surface area contributed by atoms with E-state index in [0.717, 1.165) is 0 Å². The second-order valence-corrected chi connectivity index (χ2v) is 4.04. The highest BCUT2D eigenvalue weighted by Crippen LogP contribution is 2.16. The van der Waals surface area contributed by atoms with Gasteiger partial charge in [-0.1, -0.05) is 0 Å². The van der Waals surface area contributed by atoms with Crippen molar-refractivity contribution in [3.05, 3.63) is 0 Å². The number of ether oxygens (including phenoxy) is 1. The maximum Gasteiger partial charge on any atom is 0.345 e. The SMILES string of the molecule is CS(=O)(=O)OCC(F)(F)COC(F)F. The van der Waals surface area contributed by atoms with Crippen molar-refractivity contribution in [3.8, 4) is 0 Å². The molecule has 0 fully saturated rings. The third-order valence-corrected chi connectivity index (χ3v) is 1.45. The van der Waals surface area contributed by atoms with E-state index in [-0.39, 0.29) is 0 Å². The summed E-state index contributed by atoms with van der Waals surface area (Å²) in [4.78, 5) is 0. The standard InChI is InChI=1S/C5H8F4O4S/c1-14(10,11)13-3-5(8,9)2-12-4(6)7/h4H,2-3H2,1H3. The monoisotopic (exact) mass is 240 g/mol. The van der Waals surface area contributed by atoms with Crippen molar-refractivity contribution in [2.24, 2.45) is 0 Å². The van der Waals surface area contributed by atoms with Crippen LogP contribution in [0, 0.1) is 0 Å². The van der Waals surface area contributed by atoms with Crippen molar-refractivity contribution in [3.63, 3.8) is 0 Å². The molecule has 0 heterocycles. The summed E-state index contributed by atoms with van der Waals surface area (Å²) in [6.07, 6.45) is 0.567. The first-order valence-corrected chi connectivity index (χ1v) is 5.06. The molecule has 0 saturated carbocycles. The number of hydrogen-bond donors (Lipinski definition) is 0. The van der Waals surface area contributed by atoms with Crippen molar-refractivity contribution in [2.75, 3.05) is 19.5 Å². The van der Waals surface area contributed by atoms with Crippen LogP contribution in [0.3, 0.4) is 0 Å². The molecule has 0 bridgehead atoms. The van der Waals surface area contributed by atoms with Gasteiger partial charge in [0.1, 0.15) is 13.2 Å². The number of rotatable bonds is 6. The third-order valence-electron chi connectivity index (χ3n) is 0.905. The first-order valence-electron chi connectivity index (χ1n) is 3.24. The van der Waals surface area contributed by atoms with E-state index in [0.29, 0.717) is 6.26 Å². The normalized spacial score (nSPS) is 13.6. The van der Waals surface area contributed by atoms with Gasteiger partial charge in [-0.15, -0.1) is 0 Å². The predicted octanol–water partition coefficient (Wildman–Crippen LogP) is 0.837. The lowest BCUT2D eigenvalue weighted by molar-refractivity contribution is -0.189. The van der Waals surface area contributed by atoms with Crippen LogP contribution in [-0.2, 0) is 19.0 Å². The summed E-state index contributed by atoms with van der Waals surface area (Å²) in [6.45, 7) is -6.45. The molecule has 0 saturated heterocycles. The van der Waals surface area contributed by atoms with E-state index in [4.69, 9.17) is 0 Å². The van der Waals surface area contributed by atoms with E-state index in [1.165, 1.54) is 0 Å². The Morgan fingerprint density at radius 3 is 2.14 bits per heavy atom. The van der Waals surface area contributed by atoms with Gasteiger partial charge in [-0.3, -0.25) is 4.18 Å². The fraction of sp³-hybridized carbons (Fsp3) is 1.00. The maximum absolute atomic E-state index is 12.5. The molecule has 0 aromatic carbocycles. The van der Waals surface area contributed by atoms with E-state index in [1.54, 1.807) is 0 Å². The number of hydrogen-bond acceptors (Lipinski definition) is 4. The Hall–Kier alpha value is -0.410. The van der Waals surface area contributed by atoms with Crippen molar-refractivity contribution < 1.29 is 34.9 Å². The lowest BCUT2D eigenvalue weighted by Gasteiger charge is -2.14. The van der Waals surface area contributed by atoms with E-state index in [1.807, 2.05) is 0 Å². The average Bonchev–Trinajstić information content (AvgIpc) is 1.97. The zero-order chi connectivity index (χ0) is 11.4. The van der Waals surface area contributed by atoms with Crippen molar-refractivity contribution in [1.29, 1.82) is 0 Å². The van der Waals surface area contributed by atoms with E-state index >= 15 is 0 Å². The second kappa shape index (κ2) is 4.89. The van der Waals surface area contributed by atoms with Crippen LogP contribution in [-0.4, -0.2) is 40.4 Å². The summed E-state index contributed by atoms with van der Waals surface area (Å²) in [5.41, 5.74) is 0. The van der Waals surface area contributed by atoms with Gasteiger partial charge in [0.2, 0.25) is 0 Å². The zero-order valence-corrected chi connectivity index (χ0v) is 7.86. The van der Waals surface area contributed by atoms with Crippen molar-refractivity contribution >= 4 is 10.1 Å². The molecule has 0 rings (SSSR count). The van der Waals surface area contributed by atoms with Gasteiger partial charge in [0.25, 0.3) is 16.0 Å². The average molecular weight is 240 g/mol. The predicted molar refractivity (Wildman–Crippen MR) is 37.7 cm³/mol. The lowest BCUT2D eigenvalue weighted by atomic mass is 10.4. The lowest BCUT2D eigenvalue weighted by Crippen LogP contribution is -2.31. The van der Waals surface area contributed by atoms with Crippen LogP contribution in [0.2, 0.25) is 0 Å². The van der Waals surface area contributed by atoms with Crippen LogP contribution in [0.25, 0.3) is 0 Å². The zero-order valence-electron chi connectivity index (χ0n) is 7.04. The molecule has 0 aliphatic rings. The fourth-order valence-corrected chi connectivity index (χ4v) is 0.806. The van der Waals surface area contributed by atoms with Gasteiger partial charge >= 0.3 is 6.61 Å². The molecule has 0 amide bonds. The molecule has 0 spiro atoms. The molecule has 86 valence electrons. The van der Waals surface area contributed by atoms with Gasteiger partial charge in [0.15, 0.2) is 0 Å². The largest absolute Gasteiger partial charge is 0.345 e. The highest BCUT2D eigenvalue weighted by molar-refractivity contribution is 7.85. The molecular formula is C5H8F4O4S. The van der Waals surface area contributed by atoms with Crippen molar-refractivity contribution in [1.82, 2.24) is 0 Å². The maximum atomic E-state index is 12.5. The molecule has 0 aliphatic heterocycles. The Bertz CT molecular complexity index is 263. The molecule has 0 aromatic rings. The molecule has 0 atom stereocenters. The summed E-state index contributed by atoms with van der Waals surface area (Å²) >= 11 is 0. The molecule has 0 aromatic heterocycles. The molecule has 0 radical (unpaired) electrons. The molecule has 0 N–H and O–H groups in total. The van der Waals surface area contributed by atoms with Crippen LogP contribution < -0.4 is 0 Å². The smallest absolute Gasteiger partial charge is 0.317 e. The van der Waals surface area contributed by atoms with Gasteiger partial charge in [-0.25, -0.2) is 8.78 Å². The highest BCUT2D eigenvalue weighted by atomic mass is 32.2. The van der Waals surface area contributed by atoms with Crippen LogP contribution in [0.5, 0.6) is 0 Å². The summed E-state index contributed by atoms with van der Waals surface area (Å²) in [5.74, 6) is -3.76. The third kappa shape index (κ3) is 8.20. The molecule has 14 heavy (non-hydrogen) atoms. The van der Waals surface area contributed by atoms with Crippen LogP contribution in [0.4, 0.5) is 17.6 Å². The summed E-state index contributed by atoms with van der Waals surface area (Å²) in [7, 11) is -4.02. The summed E-state index contributed by atoms with van der Waals surface area (Å²) in [5, 5.41) is 0. The van der Waals surface area contributed by atoms with Crippen LogP contribution in [0.15, 0.2) is 0 Å². The van der Waals surface area contributed by atoms with Gasteiger partial charge in [-0.2, -0.15) is 17.2 Å². The van der Waals surface area contributed by atoms with Crippen molar-refractivity contribution in [2.45, 2.75) is 12.5 Å². The Morgan fingerprint density at radius 1 is 1.29 bits per heavy atom. The van der Waals surface area contributed by atoms with E-state index in [2.05, 4.69) is 8.92 Å². The minimum absolute atomic E-state index is 0.567. The highest BCUT2D eigenvalue weighted by Gasteiger charge is 2.32. The van der Waals surface area contributed by atoms with Crippen LogP contribution >= 0.6 is 0 Å². The topological polar surface area (TPSA) is 52.6 Å². The Morgan fingerprint density at radius 2 is 1.79 bits per heavy atom. The Kier molecular flexibility index (Phi) is 4.75. The molecule has 4 nitrogen and oxygen atoms in total. The quantitative estimate of drug-likeness (QED) is 0.510. The minimum atomic E-state index is -4.02. The minimum Gasteiger partial charge on any atom is -0.317 e. The van der Waals surface area contributed by atoms with Gasteiger partial charge in [0, 0.05) is 0 Å². The molecule has 0 unspecified atom stereocenters. The van der Waals surface area contributed by atoms with Gasteiger partial charge in [0.05, 0.1) is 6.26 Å². The first-order chi connectivity index (χ1) is 6.12. The van der Waals surface area contributed by atoms with Gasteiger partial charge in [-0.05, 0) is 0 Å². The number of halogens is 4. The van der Waals surface area contributed by atoms with Crippen LogP contribution in [0.1, 0.15) is 0 Å². The van der Waals surface area contributed by atoms with Gasteiger partial charge < -0.3 is 4.74 Å². The van der Waals surface area contributed by atoms with E-state index in [9.17, 15) is 26.0 Å². The Labute approximate surface area is 77.9 Å². The van der Waals surface area contributed by atoms with E-state index < -0.39 is 35.9 Å². The number of alkyl halides is 4. The molecule has 9 heteroatoms. The second-order valence-electron chi connectivity index (χ2n) is 2.39. The molecular weight excluding hydrogens is 232 g/mol. The molecule has 0 aliphatic carbocycles. The summed E-state index contributed by atoms with van der Waals surface area (Å²) < 4.78 is 75.2. The fourth-order valence-electron chi connectivity index (χ4n) is 0.420. The first kappa shape index (κ1) is 13.6. The summed E-state index contributed by atoms with van der Waals surface area (Å²) in [6, 6.07) is 0. The Balaban J connectivity index is 3.95.